The van der Waals surface area contributed by atoms with Gasteiger partial charge in [0.2, 0.25) is 5.91 Å². The SMILES string of the molecule is CCCCCCCCC/C=C/C(O)C(COP(=O)(O)OCC[N+](C)(C)C)NC(C)=O. The Bertz CT molecular complexity index is 536. The van der Waals surface area contributed by atoms with Gasteiger partial charge in [-0.3, -0.25) is 13.8 Å². The molecule has 0 fully saturated rings. The van der Waals surface area contributed by atoms with E-state index in [9.17, 15) is 19.4 Å². The fourth-order valence-electron chi connectivity index (χ4n) is 2.72. The molecule has 0 radical (unpaired) electrons. The topological polar surface area (TPSA) is 105 Å². The van der Waals surface area contributed by atoms with Crippen molar-refractivity contribution in [2.45, 2.75) is 77.4 Å². The lowest BCUT2D eigenvalue weighted by molar-refractivity contribution is -0.870. The van der Waals surface area contributed by atoms with E-state index in [1.54, 1.807) is 6.08 Å². The number of amides is 1. The van der Waals surface area contributed by atoms with Gasteiger partial charge in [0.25, 0.3) is 0 Å². The molecule has 0 saturated carbocycles. The summed E-state index contributed by atoms with van der Waals surface area (Å²) in [4.78, 5) is 21.2. The Kier molecular flexibility index (Phi) is 15.6. The number of likely N-dealkylation sites (N-methyl/N-ethyl adjacent to an activating group) is 1. The molecule has 0 rings (SSSR count). The first kappa shape index (κ1) is 29.2. The van der Waals surface area contributed by atoms with Gasteiger partial charge >= 0.3 is 7.82 Å². The molecule has 0 aromatic carbocycles. The highest BCUT2D eigenvalue weighted by Crippen LogP contribution is 2.43. The molecule has 3 atom stereocenters. The molecule has 0 heterocycles. The van der Waals surface area contributed by atoms with Crippen molar-refractivity contribution in [3.05, 3.63) is 12.2 Å². The van der Waals surface area contributed by atoms with Crippen molar-refractivity contribution in [1.29, 1.82) is 0 Å². The maximum atomic E-state index is 12.0. The molecule has 0 saturated heterocycles. The van der Waals surface area contributed by atoms with Gasteiger partial charge in [-0.05, 0) is 12.8 Å². The van der Waals surface area contributed by atoms with Gasteiger partial charge in [0.15, 0.2) is 0 Å². The van der Waals surface area contributed by atoms with E-state index in [0.717, 1.165) is 19.3 Å². The van der Waals surface area contributed by atoms with Crippen molar-refractivity contribution in [2.24, 2.45) is 0 Å². The number of hydrogen-bond donors (Lipinski definition) is 3. The Morgan fingerprint density at radius 3 is 2.27 bits per heavy atom. The van der Waals surface area contributed by atoms with Gasteiger partial charge in [0.1, 0.15) is 13.2 Å². The predicted octanol–water partition coefficient (Wildman–Crippen LogP) is 3.39. The van der Waals surface area contributed by atoms with Crippen molar-refractivity contribution in [1.82, 2.24) is 5.32 Å². The largest absolute Gasteiger partial charge is 0.472 e. The molecule has 3 N–H and O–H groups in total. The minimum absolute atomic E-state index is 0.0585. The minimum Gasteiger partial charge on any atom is -0.387 e. The van der Waals surface area contributed by atoms with Crippen LogP contribution in [0.25, 0.3) is 0 Å². The van der Waals surface area contributed by atoms with E-state index in [-0.39, 0.29) is 19.1 Å². The normalized spacial score (nSPS) is 16.4. The summed E-state index contributed by atoms with van der Waals surface area (Å²) in [6, 6.07) is -0.838. The summed E-state index contributed by atoms with van der Waals surface area (Å²) in [6.45, 7) is 3.78. The first-order valence-electron chi connectivity index (χ1n) is 11.0. The van der Waals surface area contributed by atoms with Crippen LogP contribution in [0.3, 0.4) is 0 Å². The number of aliphatic hydroxyl groups excluding tert-OH is 1. The van der Waals surface area contributed by atoms with Crippen LogP contribution in [0.4, 0.5) is 0 Å². The van der Waals surface area contributed by atoms with E-state index in [1.807, 2.05) is 27.2 Å². The summed E-state index contributed by atoms with van der Waals surface area (Å²) in [5, 5.41) is 12.9. The predicted molar refractivity (Wildman–Crippen MR) is 120 cm³/mol. The molecule has 178 valence electrons. The van der Waals surface area contributed by atoms with Gasteiger partial charge in [0, 0.05) is 6.92 Å². The molecule has 0 aliphatic carbocycles. The van der Waals surface area contributed by atoms with E-state index in [1.165, 1.54) is 39.0 Å². The van der Waals surface area contributed by atoms with E-state index >= 15 is 0 Å². The van der Waals surface area contributed by atoms with Crippen LogP contribution in [-0.4, -0.2) is 73.4 Å². The van der Waals surface area contributed by atoms with Gasteiger partial charge in [-0.2, -0.15) is 0 Å². The quantitative estimate of drug-likeness (QED) is 0.128. The molecule has 0 bridgehead atoms. The van der Waals surface area contributed by atoms with E-state index in [4.69, 9.17) is 9.05 Å². The fraction of sp³-hybridized carbons (Fsp3) is 0.857. The van der Waals surface area contributed by atoms with Crippen LogP contribution >= 0.6 is 7.82 Å². The first-order valence-corrected chi connectivity index (χ1v) is 12.5. The van der Waals surface area contributed by atoms with Gasteiger partial charge < -0.3 is 19.8 Å². The van der Waals surface area contributed by atoms with Crippen LogP contribution in [0.1, 0.15) is 65.2 Å². The second-order valence-corrected chi connectivity index (χ2v) is 10.2. The molecule has 30 heavy (non-hydrogen) atoms. The van der Waals surface area contributed by atoms with Crippen molar-refractivity contribution in [3.8, 4) is 0 Å². The van der Waals surface area contributed by atoms with Crippen LogP contribution in [-0.2, 0) is 18.4 Å². The van der Waals surface area contributed by atoms with Gasteiger partial charge in [-0.15, -0.1) is 0 Å². The Labute approximate surface area is 182 Å². The molecule has 3 unspecified atom stereocenters. The Morgan fingerprint density at radius 1 is 1.10 bits per heavy atom. The molecule has 0 aromatic rings. The van der Waals surface area contributed by atoms with Crippen molar-refractivity contribution < 1.29 is 32.9 Å². The number of phosphoric acid groups is 1. The van der Waals surface area contributed by atoms with Crippen LogP contribution < -0.4 is 5.32 Å². The maximum Gasteiger partial charge on any atom is 0.472 e. The third-order valence-electron chi connectivity index (χ3n) is 4.54. The molecular formula is C21H44N2O6P+. The maximum absolute atomic E-state index is 12.0. The number of quaternary nitrogens is 1. The number of rotatable bonds is 18. The van der Waals surface area contributed by atoms with E-state index < -0.39 is 20.0 Å². The lowest BCUT2D eigenvalue weighted by Gasteiger charge is -2.25. The molecule has 0 aromatic heterocycles. The summed E-state index contributed by atoms with van der Waals surface area (Å²) in [5.41, 5.74) is 0. The van der Waals surface area contributed by atoms with Crippen LogP contribution in [0, 0.1) is 0 Å². The number of nitrogens with one attached hydrogen (secondary N) is 1. The molecule has 0 aliphatic rings. The molecule has 0 spiro atoms. The van der Waals surface area contributed by atoms with Crippen molar-refractivity contribution >= 4 is 13.7 Å². The zero-order valence-electron chi connectivity index (χ0n) is 19.5. The lowest BCUT2D eigenvalue weighted by atomic mass is 10.1. The van der Waals surface area contributed by atoms with Gasteiger partial charge in [-0.1, -0.05) is 57.6 Å². The van der Waals surface area contributed by atoms with Gasteiger partial charge in [0.05, 0.1) is 39.9 Å². The third-order valence-corrected chi connectivity index (χ3v) is 5.53. The average molecular weight is 452 g/mol. The van der Waals surface area contributed by atoms with Crippen molar-refractivity contribution in [2.75, 3.05) is 40.9 Å². The van der Waals surface area contributed by atoms with Crippen LogP contribution in [0.5, 0.6) is 0 Å². The van der Waals surface area contributed by atoms with Crippen molar-refractivity contribution in [3.63, 3.8) is 0 Å². The zero-order chi connectivity index (χ0) is 23.0. The lowest BCUT2D eigenvalue weighted by Crippen LogP contribution is -2.44. The number of carbonyl (C=O) groups is 1. The Morgan fingerprint density at radius 2 is 1.70 bits per heavy atom. The highest BCUT2D eigenvalue weighted by molar-refractivity contribution is 7.47. The summed E-state index contributed by atoms with van der Waals surface area (Å²) in [6.07, 6.45) is 11.8. The van der Waals surface area contributed by atoms with Crippen LogP contribution in [0.15, 0.2) is 12.2 Å². The highest BCUT2D eigenvalue weighted by Gasteiger charge is 2.27. The molecule has 1 amide bonds. The standard InChI is InChI=1S/C21H43N2O6P/c1-6-7-8-9-10-11-12-13-14-15-21(25)20(22-19(2)24)18-29-30(26,27)28-17-16-23(3,4)5/h14-15,20-21,25H,6-13,16-18H2,1-5H3,(H-,22,24,26,27)/p+1/b15-14+. The Hall–Kier alpha value is -0.760. The second kappa shape index (κ2) is 16.0. The van der Waals surface area contributed by atoms with E-state index in [2.05, 4.69) is 12.2 Å². The summed E-state index contributed by atoms with van der Waals surface area (Å²) < 4.78 is 22.6. The smallest absolute Gasteiger partial charge is 0.387 e. The highest BCUT2D eigenvalue weighted by atomic mass is 31.2. The monoisotopic (exact) mass is 451 g/mol. The van der Waals surface area contributed by atoms with Crippen LogP contribution in [0.2, 0.25) is 0 Å². The first-order chi connectivity index (χ1) is 14.0. The number of hydrogen-bond acceptors (Lipinski definition) is 5. The second-order valence-electron chi connectivity index (χ2n) is 8.75. The number of unbranched alkanes of at least 4 members (excludes halogenated alkanes) is 7. The third kappa shape index (κ3) is 18.0. The molecule has 9 heteroatoms. The molecular weight excluding hydrogens is 407 g/mol. The Balaban J connectivity index is 4.37. The number of nitrogens with zero attached hydrogens (tertiary/aromatic N) is 1. The summed E-state index contributed by atoms with van der Waals surface area (Å²) in [5.74, 6) is -0.359. The number of phosphoric ester groups is 1. The zero-order valence-corrected chi connectivity index (χ0v) is 20.4. The summed E-state index contributed by atoms with van der Waals surface area (Å²) in [7, 11) is 1.55. The molecule has 8 nitrogen and oxygen atoms in total. The number of allylic oxidation sites excluding steroid dienone is 1. The number of carbonyl (C=O) groups excluding carboxylic acids is 1. The molecule has 0 aliphatic heterocycles. The summed E-state index contributed by atoms with van der Waals surface area (Å²) >= 11 is 0. The number of aliphatic hydroxyl groups is 1. The van der Waals surface area contributed by atoms with E-state index in [0.29, 0.717) is 11.0 Å². The van der Waals surface area contributed by atoms with Gasteiger partial charge in [-0.25, -0.2) is 4.57 Å². The fourth-order valence-corrected chi connectivity index (χ4v) is 3.45. The minimum atomic E-state index is -4.26. The average Bonchev–Trinajstić information content (AvgIpc) is 2.62.